The zero-order chi connectivity index (χ0) is 12.8. The molecule has 1 saturated carbocycles. The average Bonchev–Trinajstić information content (AvgIpc) is 2.91. The highest BCUT2D eigenvalue weighted by molar-refractivity contribution is 7.99. The molecule has 0 aromatic heterocycles. The molecule has 1 atom stereocenters. The number of esters is 1. The van der Waals surface area contributed by atoms with Crippen molar-refractivity contribution in [3.05, 3.63) is 0 Å². The van der Waals surface area contributed by atoms with Crippen molar-refractivity contribution in [1.82, 2.24) is 5.32 Å². The van der Waals surface area contributed by atoms with Gasteiger partial charge in [-0.15, -0.1) is 0 Å². The summed E-state index contributed by atoms with van der Waals surface area (Å²) >= 11 is 2.02. The van der Waals surface area contributed by atoms with Crippen LogP contribution in [-0.2, 0) is 9.53 Å². The predicted molar refractivity (Wildman–Crippen MR) is 75.9 cm³/mol. The molecule has 0 radical (unpaired) electrons. The number of rotatable bonds is 8. The van der Waals surface area contributed by atoms with Crippen molar-refractivity contribution < 1.29 is 9.53 Å². The molecule has 1 unspecified atom stereocenters. The first kappa shape index (κ1) is 14.2. The van der Waals surface area contributed by atoms with E-state index in [0.29, 0.717) is 11.8 Å². The summed E-state index contributed by atoms with van der Waals surface area (Å²) in [6, 6.07) is 0.774. The molecule has 1 heterocycles. The minimum absolute atomic E-state index is 0.0387. The molecule has 0 aromatic carbocycles. The molecule has 0 amide bonds. The van der Waals surface area contributed by atoms with Crippen molar-refractivity contribution in [3.8, 4) is 0 Å². The van der Waals surface area contributed by atoms with Gasteiger partial charge in [0.25, 0.3) is 0 Å². The van der Waals surface area contributed by atoms with Gasteiger partial charge in [-0.25, -0.2) is 0 Å². The first-order valence-electron chi connectivity index (χ1n) is 7.12. The van der Waals surface area contributed by atoms with Crippen molar-refractivity contribution in [3.63, 3.8) is 0 Å². The smallest absolute Gasteiger partial charge is 0.306 e. The Morgan fingerprint density at radius 1 is 1.50 bits per heavy atom. The maximum Gasteiger partial charge on any atom is 0.306 e. The van der Waals surface area contributed by atoms with Crippen LogP contribution >= 0.6 is 11.8 Å². The molecule has 1 aliphatic carbocycles. The van der Waals surface area contributed by atoms with Gasteiger partial charge in [0.1, 0.15) is 0 Å². The van der Waals surface area contributed by atoms with E-state index in [1.807, 2.05) is 11.8 Å². The maximum atomic E-state index is 11.3. The van der Waals surface area contributed by atoms with Crippen LogP contribution in [-0.4, -0.2) is 37.2 Å². The normalized spacial score (nSPS) is 25.1. The van der Waals surface area contributed by atoms with Gasteiger partial charge in [0.15, 0.2) is 0 Å². The molecule has 1 aliphatic heterocycles. The van der Waals surface area contributed by atoms with Gasteiger partial charge in [0, 0.05) is 6.04 Å². The molecule has 104 valence electrons. The Bertz CT molecular complexity index is 273. The van der Waals surface area contributed by atoms with E-state index in [1.165, 1.54) is 57.9 Å². The van der Waals surface area contributed by atoms with Crippen molar-refractivity contribution in [2.45, 2.75) is 51.0 Å². The SMILES string of the molecule is COC(=O)CC1(CSCCCC2CCCN2)CC1. The second-order valence-electron chi connectivity index (χ2n) is 5.74. The van der Waals surface area contributed by atoms with E-state index >= 15 is 0 Å². The van der Waals surface area contributed by atoms with Gasteiger partial charge in [-0.05, 0) is 62.0 Å². The highest BCUT2D eigenvalue weighted by atomic mass is 32.2. The number of hydrogen-bond donors (Lipinski definition) is 1. The van der Waals surface area contributed by atoms with Crippen LogP contribution in [0.25, 0.3) is 0 Å². The summed E-state index contributed by atoms with van der Waals surface area (Å²) in [5, 5.41) is 3.54. The van der Waals surface area contributed by atoms with E-state index in [4.69, 9.17) is 4.74 Å². The first-order chi connectivity index (χ1) is 8.74. The second kappa shape index (κ2) is 6.80. The molecule has 0 spiro atoms. The van der Waals surface area contributed by atoms with E-state index in [1.54, 1.807) is 0 Å². The zero-order valence-electron chi connectivity index (χ0n) is 11.4. The minimum atomic E-state index is -0.0387. The molecule has 1 N–H and O–H groups in total. The summed E-state index contributed by atoms with van der Waals surface area (Å²) in [6.45, 7) is 1.21. The van der Waals surface area contributed by atoms with Crippen molar-refractivity contribution in [2.75, 3.05) is 25.2 Å². The second-order valence-corrected chi connectivity index (χ2v) is 6.85. The van der Waals surface area contributed by atoms with Crippen LogP contribution < -0.4 is 5.32 Å². The fourth-order valence-electron chi connectivity index (χ4n) is 2.65. The van der Waals surface area contributed by atoms with Crippen LogP contribution in [0.2, 0.25) is 0 Å². The number of hydrogen-bond acceptors (Lipinski definition) is 4. The molecular weight excluding hydrogens is 246 g/mol. The Hall–Kier alpha value is -0.220. The van der Waals surface area contributed by atoms with Crippen LogP contribution in [0.3, 0.4) is 0 Å². The van der Waals surface area contributed by atoms with Gasteiger partial charge >= 0.3 is 5.97 Å². The Morgan fingerprint density at radius 2 is 2.33 bits per heavy atom. The summed E-state index contributed by atoms with van der Waals surface area (Å²) in [6.07, 6.45) is 8.36. The molecular formula is C14H25NO2S. The maximum absolute atomic E-state index is 11.3. The number of carbonyl (C=O) groups is 1. The van der Waals surface area contributed by atoms with E-state index in [0.717, 1.165) is 11.8 Å². The van der Waals surface area contributed by atoms with Crippen molar-refractivity contribution >= 4 is 17.7 Å². The van der Waals surface area contributed by atoms with Gasteiger partial charge in [-0.3, -0.25) is 4.79 Å². The fraction of sp³-hybridized carbons (Fsp3) is 0.929. The Morgan fingerprint density at radius 3 is 2.94 bits per heavy atom. The predicted octanol–water partition coefficient (Wildman–Crippen LogP) is 2.60. The lowest BCUT2D eigenvalue weighted by atomic mass is 10.1. The molecule has 2 aliphatic rings. The van der Waals surface area contributed by atoms with Crippen LogP contribution in [0.1, 0.15) is 44.9 Å². The summed E-state index contributed by atoms with van der Waals surface area (Å²) in [5.74, 6) is 2.34. The topological polar surface area (TPSA) is 38.3 Å². The van der Waals surface area contributed by atoms with Gasteiger partial charge in [0.05, 0.1) is 13.5 Å². The lowest BCUT2D eigenvalue weighted by molar-refractivity contribution is -0.141. The summed E-state index contributed by atoms with van der Waals surface area (Å²) in [4.78, 5) is 11.3. The molecule has 2 rings (SSSR count). The van der Waals surface area contributed by atoms with Crippen LogP contribution in [0.5, 0.6) is 0 Å². The number of thioether (sulfide) groups is 1. The largest absolute Gasteiger partial charge is 0.469 e. The quantitative estimate of drug-likeness (QED) is 0.544. The number of carbonyl (C=O) groups excluding carboxylic acids is 1. The molecule has 0 bridgehead atoms. The third kappa shape index (κ3) is 4.47. The van der Waals surface area contributed by atoms with E-state index in [9.17, 15) is 4.79 Å². The first-order valence-corrected chi connectivity index (χ1v) is 8.28. The highest BCUT2D eigenvalue weighted by Crippen LogP contribution is 2.51. The Balaban J connectivity index is 1.51. The van der Waals surface area contributed by atoms with Gasteiger partial charge in [-0.1, -0.05) is 0 Å². The molecule has 1 saturated heterocycles. The number of nitrogens with one attached hydrogen (secondary N) is 1. The fourth-order valence-corrected chi connectivity index (χ4v) is 3.99. The van der Waals surface area contributed by atoms with Gasteiger partial charge in [-0.2, -0.15) is 11.8 Å². The van der Waals surface area contributed by atoms with E-state index in [-0.39, 0.29) is 5.97 Å². The lowest BCUT2D eigenvalue weighted by Gasteiger charge is -2.13. The van der Waals surface area contributed by atoms with E-state index < -0.39 is 0 Å². The minimum Gasteiger partial charge on any atom is -0.469 e. The third-order valence-electron chi connectivity index (χ3n) is 4.12. The molecule has 2 fully saturated rings. The standard InChI is InChI=1S/C14H25NO2S/c1-17-13(16)10-14(6-7-14)11-18-9-3-5-12-4-2-8-15-12/h12,15H,2-11H2,1H3. The van der Waals surface area contributed by atoms with E-state index in [2.05, 4.69) is 5.32 Å². The summed E-state index contributed by atoms with van der Waals surface area (Å²) in [7, 11) is 1.49. The van der Waals surface area contributed by atoms with Crippen LogP contribution in [0.4, 0.5) is 0 Å². The average molecular weight is 271 g/mol. The molecule has 18 heavy (non-hydrogen) atoms. The van der Waals surface area contributed by atoms with Crippen molar-refractivity contribution in [2.24, 2.45) is 5.41 Å². The lowest BCUT2D eigenvalue weighted by Crippen LogP contribution is -2.21. The highest BCUT2D eigenvalue weighted by Gasteiger charge is 2.44. The van der Waals surface area contributed by atoms with Gasteiger partial charge in [0.2, 0.25) is 0 Å². The summed E-state index contributed by atoms with van der Waals surface area (Å²) in [5.41, 5.74) is 0.295. The van der Waals surface area contributed by atoms with Crippen molar-refractivity contribution in [1.29, 1.82) is 0 Å². The Kier molecular flexibility index (Phi) is 5.37. The number of ether oxygens (including phenoxy) is 1. The Labute approximate surface area is 114 Å². The van der Waals surface area contributed by atoms with Crippen LogP contribution in [0.15, 0.2) is 0 Å². The monoisotopic (exact) mass is 271 g/mol. The molecule has 0 aromatic rings. The number of methoxy groups -OCH3 is 1. The van der Waals surface area contributed by atoms with Gasteiger partial charge < -0.3 is 10.1 Å². The molecule has 4 heteroatoms. The molecule has 3 nitrogen and oxygen atoms in total. The van der Waals surface area contributed by atoms with Crippen LogP contribution in [0, 0.1) is 5.41 Å². The summed E-state index contributed by atoms with van der Waals surface area (Å²) < 4.78 is 4.76. The third-order valence-corrected chi connectivity index (χ3v) is 5.51. The zero-order valence-corrected chi connectivity index (χ0v) is 12.2.